The van der Waals surface area contributed by atoms with Gasteiger partial charge in [-0.3, -0.25) is 20.4 Å². The molecule has 3 heterocycles. The molecule has 2 amide bonds. The first kappa shape index (κ1) is 14.9. The maximum Gasteiger partial charge on any atom is 0.279 e. The fourth-order valence-electron chi connectivity index (χ4n) is 1.71. The third kappa shape index (κ3) is 3.59. The Bertz CT molecular complexity index is 763. The van der Waals surface area contributed by atoms with Crippen molar-refractivity contribution in [2.45, 2.75) is 6.42 Å². The second kappa shape index (κ2) is 6.82. The molecule has 3 rings (SSSR count). The smallest absolute Gasteiger partial charge is 0.273 e. The van der Waals surface area contributed by atoms with Gasteiger partial charge in [0.25, 0.3) is 5.91 Å². The van der Waals surface area contributed by atoms with E-state index in [4.69, 9.17) is 0 Å². The van der Waals surface area contributed by atoms with Crippen molar-refractivity contribution in [2.24, 2.45) is 0 Å². The fourth-order valence-corrected chi connectivity index (χ4v) is 3.96. The Morgan fingerprint density at radius 2 is 1.86 bits per heavy atom. The third-order valence-corrected chi connectivity index (χ3v) is 5.48. The average molecular weight is 349 g/mol. The lowest BCUT2D eigenvalue weighted by molar-refractivity contribution is -0.121. The molecule has 0 saturated heterocycles. The first-order valence-corrected chi connectivity index (χ1v) is 8.97. The normalized spacial score (nSPS) is 10.4. The molecular formula is C14H11N3O2S3. The van der Waals surface area contributed by atoms with Gasteiger partial charge in [0, 0.05) is 5.38 Å². The van der Waals surface area contributed by atoms with Crippen molar-refractivity contribution >= 4 is 45.8 Å². The van der Waals surface area contributed by atoms with E-state index in [2.05, 4.69) is 15.8 Å². The highest BCUT2D eigenvalue weighted by Crippen LogP contribution is 2.27. The molecule has 3 aromatic heterocycles. The Kier molecular flexibility index (Phi) is 4.62. The molecule has 0 spiro atoms. The molecule has 0 aliphatic heterocycles. The van der Waals surface area contributed by atoms with Gasteiger partial charge in [-0.05, 0) is 22.9 Å². The molecule has 112 valence electrons. The zero-order valence-electron chi connectivity index (χ0n) is 11.2. The van der Waals surface area contributed by atoms with Crippen LogP contribution in [0.5, 0.6) is 0 Å². The number of carbonyl (C=O) groups excluding carboxylic acids is 2. The molecule has 3 aromatic rings. The lowest BCUT2D eigenvalue weighted by atomic mass is 10.3. The summed E-state index contributed by atoms with van der Waals surface area (Å²) in [5, 5.41) is 6.55. The van der Waals surface area contributed by atoms with Crippen LogP contribution in [0.2, 0.25) is 0 Å². The van der Waals surface area contributed by atoms with Gasteiger partial charge in [-0.15, -0.1) is 34.0 Å². The number of hydrogen-bond acceptors (Lipinski definition) is 6. The molecule has 8 heteroatoms. The van der Waals surface area contributed by atoms with E-state index in [9.17, 15) is 9.59 Å². The van der Waals surface area contributed by atoms with Crippen LogP contribution in [0.4, 0.5) is 0 Å². The highest BCUT2D eigenvalue weighted by atomic mass is 32.1. The topological polar surface area (TPSA) is 71.1 Å². The predicted octanol–water partition coefficient (Wildman–Crippen LogP) is 2.94. The molecular weight excluding hydrogens is 338 g/mol. The summed E-state index contributed by atoms with van der Waals surface area (Å²) < 4.78 is 0. The molecule has 0 aliphatic carbocycles. The predicted molar refractivity (Wildman–Crippen MR) is 89.1 cm³/mol. The van der Waals surface area contributed by atoms with Gasteiger partial charge < -0.3 is 0 Å². The first-order valence-electron chi connectivity index (χ1n) is 6.33. The van der Waals surface area contributed by atoms with Gasteiger partial charge in [-0.1, -0.05) is 12.1 Å². The van der Waals surface area contributed by atoms with Crippen molar-refractivity contribution in [3.05, 3.63) is 51.0 Å². The second-order valence-corrected chi connectivity index (χ2v) is 7.03. The molecule has 0 aliphatic rings. The fraction of sp³-hybridized carbons (Fsp3) is 0.0714. The van der Waals surface area contributed by atoms with Crippen LogP contribution in [0.3, 0.4) is 0 Å². The summed E-state index contributed by atoms with van der Waals surface area (Å²) in [6.07, 6.45) is 0.132. The van der Waals surface area contributed by atoms with Crippen LogP contribution in [0.15, 0.2) is 40.4 Å². The number of amides is 2. The van der Waals surface area contributed by atoms with E-state index in [1.54, 1.807) is 28.8 Å². The summed E-state index contributed by atoms with van der Waals surface area (Å²) in [5.74, 6) is -0.617. The van der Waals surface area contributed by atoms with Crippen LogP contribution in [-0.4, -0.2) is 16.8 Å². The van der Waals surface area contributed by atoms with Crippen molar-refractivity contribution in [3.8, 4) is 9.88 Å². The van der Waals surface area contributed by atoms with E-state index in [1.807, 2.05) is 22.9 Å². The van der Waals surface area contributed by atoms with Crippen molar-refractivity contribution in [3.63, 3.8) is 0 Å². The zero-order valence-corrected chi connectivity index (χ0v) is 13.7. The minimum Gasteiger partial charge on any atom is -0.273 e. The van der Waals surface area contributed by atoms with E-state index < -0.39 is 0 Å². The molecule has 0 atom stereocenters. The number of nitrogens with one attached hydrogen (secondary N) is 2. The Morgan fingerprint density at radius 3 is 2.59 bits per heavy atom. The van der Waals surface area contributed by atoms with Crippen LogP contribution in [-0.2, 0) is 11.2 Å². The summed E-state index contributed by atoms with van der Waals surface area (Å²) in [7, 11) is 0. The largest absolute Gasteiger partial charge is 0.279 e. The number of thiophene rings is 2. The van der Waals surface area contributed by atoms with E-state index in [-0.39, 0.29) is 18.2 Å². The molecule has 0 saturated carbocycles. The van der Waals surface area contributed by atoms with Crippen LogP contribution in [0.1, 0.15) is 15.4 Å². The van der Waals surface area contributed by atoms with Crippen LogP contribution in [0, 0.1) is 0 Å². The SMILES string of the molecule is O=C(Cc1csc(-c2cccs2)n1)NNC(=O)c1cccs1. The highest BCUT2D eigenvalue weighted by molar-refractivity contribution is 7.20. The van der Waals surface area contributed by atoms with Crippen molar-refractivity contribution < 1.29 is 9.59 Å². The Hall–Kier alpha value is -2.03. The van der Waals surface area contributed by atoms with Crippen LogP contribution in [0.25, 0.3) is 9.88 Å². The lowest BCUT2D eigenvalue weighted by Gasteiger charge is -2.04. The number of hydrazine groups is 1. The van der Waals surface area contributed by atoms with Crippen LogP contribution < -0.4 is 10.9 Å². The van der Waals surface area contributed by atoms with E-state index in [1.165, 1.54) is 22.7 Å². The molecule has 22 heavy (non-hydrogen) atoms. The van der Waals surface area contributed by atoms with Crippen molar-refractivity contribution in [1.82, 2.24) is 15.8 Å². The summed E-state index contributed by atoms with van der Waals surface area (Å²) in [5.41, 5.74) is 5.48. The number of carbonyl (C=O) groups is 2. The van der Waals surface area contributed by atoms with Gasteiger partial charge in [0.1, 0.15) is 5.01 Å². The monoisotopic (exact) mass is 349 g/mol. The number of aromatic nitrogens is 1. The van der Waals surface area contributed by atoms with E-state index in [0.717, 1.165) is 9.88 Å². The van der Waals surface area contributed by atoms with Gasteiger partial charge in [0.2, 0.25) is 5.91 Å². The molecule has 0 unspecified atom stereocenters. The van der Waals surface area contributed by atoms with E-state index >= 15 is 0 Å². The van der Waals surface area contributed by atoms with Gasteiger partial charge in [-0.25, -0.2) is 4.98 Å². The minimum absolute atomic E-state index is 0.132. The Balaban J connectivity index is 1.53. The average Bonchev–Trinajstić information content (AvgIpc) is 3.23. The Morgan fingerprint density at radius 1 is 1.05 bits per heavy atom. The van der Waals surface area contributed by atoms with Crippen LogP contribution >= 0.6 is 34.0 Å². The summed E-state index contributed by atoms with van der Waals surface area (Å²) in [6.45, 7) is 0. The number of rotatable bonds is 4. The molecule has 0 bridgehead atoms. The summed E-state index contributed by atoms with van der Waals surface area (Å²) in [4.78, 5) is 29.6. The maximum atomic E-state index is 11.8. The first-order chi connectivity index (χ1) is 10.7. The van der Waals surface area contributed by atoms with Gasteiger partial charge >= 0.3 is 0 Å². The van der Waals surface area contributed by atoms with Crippen molar-refractivity contribution in [1.29, 1.82) is 0 Å². The summed E-state index contributed by atoms with van der Waals surface area (Å²) in [6, 6.07) is 7.44. The molecule has 5 nitrogen and oxygen atoms in total. The molecule has 0 radical (unpaired) electrons. The Labute approximate surface area is 138 Å². The standard InChI is InChI=1S/C14H11N3O2S3/c18-12(16-17-13(19)10-3-1-5-20-10)7-9-8-22-14(15-9)11-4-2-6-21-11/h1-6,8H,7H2,(H,16,18)(H,17,19). The lowest BCUT2D eigenvalue weighted by Crippen LogP contribution is -2.42. The van der Waals surface area contributed by atoms with Crippen molar-refractivity contribution in [2.75, 3.05) is 0 Å². The number of hydrogen-bond donors (Lipinski definition) is 2. The minimum atomic E-state index is -0.319. The molecule has 0 fully saturated rings. The number of thiazole rings is 1. The summed E-state index contributed by atoms with van der Waals surface area (Å²) >= 11 is 4.43. The third-order valence-electron chi connectivity index (χ3n) is 2.69. The second-order valence-electron chi connectivity index (χ2n) is 4.28. The quantitative estimate of drug-likeness (QED) is 0.712. The van der Waals surface area contributed by atoms with Gasteiger partial charge in [0.05, 0.1) is 21.9 Å². The zero-order chi connectivity index (χ0) is 15.4. The number of nitrogens with zero attached hydrogens (tertiary/aromatic N) is 1. The van der Waals surface area contributed by atoms with E-state index in [0.29, 0.717) is 10.6 Å². The highest BCUT2D eigenvalue weighted by Gasteiger charge is 2.11. The molecule has 0 aromatic carbocycles. The maximum absolute atomic E-state index is 11.8. The van der Waals surface area contributed by atoms with Gasteiger partial charge in [-0.2, -0.15) is 0 Å². The molecule has 2 N–H and O–H groups in total. The van der Waals surface area contributed by atoms with Gasteiger partial charge in [0.15, 0.2) is 0 Å².